The molecular weight excluding hydrogens is 198 g/mol. The van der Waals surface area contributed by atoms with Crippen molar-refractivity contribution in [3.8, 4) is 0 Å². The fourth-order valence-electron chi connectivity index (χ4n) is 1.67. The van der Waals surface area contributed by atoms with E-state index in [1.807, 2.05) is 0 Å². The maximum Gasteiger partial charge on any atom is 0.233 e. The minimum atomic E-state index is -0.149. The highest BCUT2D eigenvalue weighted by Gasteiger charge is 2.21. The molecule has 1 amide bonds. The van der Waals surface area contributed by atoms with E-state index in [9.17, 15) is 4.79 Å². The van der Waals surface area contributed by atoms with E-state index in [0.717, 1.165) is 19.5 Å². The zero-order valence-corrected chi connectivity index (χ0v) is 8.82. The Kier molecular flexibility index (Phi) is 5.56. The first-order chi connectivity index (χ1) is 7.27. The number of nitrogens with one attached hydrogen (secondary N) is 1. The third-order valence-corrected chi connectivity index (χ3v) is 2.57. The molecule has 0 saturated carbocycles. The fourth-order valence-corrected chi connectivity index (χ4v) is 1.67. The predicted octanol–water partition coefficient (Wildman–Crippen LogP) is -1.55. The van der Waals surface area contributed by atoms with E-state index < -0.39 is 0 Å². The molecule has 0 aromatic heterocycles. The molecule has 1 unspecified atom stereocenters. The molecule has 1 rings (SSSR count). The molecule has 0 bridgehead atoms. The molecule has 6 nitrogen and oxygen atoms in total. The molecule has 88 valence electrons. The molecule has 1 aliphatic heterocycles. The zero-order valence-electron chi connectivity index (χ0n) is 8.82. The van der Waals surface area contributed by atoms with Gasteiger partial charge in [0.15, 0.2) is 0 Å². The van der Waals surface area contributed by atoms with Crippen LogP contribution in [0.25, 0.3) is 0 Å². The number of hydrazine groups is 1. The molecule has 0 radical (unpaired) electrons. The molecule has 0 aromatic carbocycles. The number of morpholine rings is 1. The summed E-state index contributed by atoms with van der Waals surface area (Å²) in [7, 11) is 0. The predicted molar refractivity (Wildman–Crippen MR) is 54.8 cm³/mol. The van der Waals surface area contributed by atoms with Crippen molar-refractivity contribution < 1.29 is 14.6 Å². The van der Waals surface area contributed by atoms with Crippen molar-refractivity contribution in [2.45, 2.75) is 18.9 Å². The highest BCUT2D eigenvalue weighted by atomic mass is 16.5. The van der Waals surface area contributed by atoms with Crippen molar-refractivity contribution in [2.75, 3.05) is 32.9 Å². The lowest BCUT2D eigenvalue weighted by atomic mass is 10.2. The van der Waals surface area contributed by atoms with Gasteiger partial charge in [-0.2, -0.15) is 0 Å². The second kappa shape index (κ2) is 6.73. The summed E-state index contributed by atoms with van der Waals surface area (Å²) in [5, 5.41) is 9.10. The number of nitrogens with zero attached hydrogens (tertiary/aromatic N) is 1. The number of nitrogens with two attached hydrogens (primary N) is 1. The number of hydrogen-bond acceptors (Lipinski definition) is 5. The first-order valence-corrected chi connectivity index (χ1v) is 5.20. The standard InChI is InChI=1S/C9H19N3O3/c10-11-9(14)2-1-3-12-4-5-15-7-8(12)6-13/h8,13H,1-7,10H2,(H,11,14). The summed E-state index contributed by atoms with van der Waals surface area (Å²) in [6.45, 7) is 2.97. The maximum atomic E-state index is 10.9. The van der Waals surface area contributed by atoms with Crippen LogP contribution in [0.4, 0.5) is 0 Å². The minimum Gasteiger partial charge on any atom is -0.395 e. The molecule has 4 N–H and O–H groups in total. The van der Waals surface area contributed by atoms with E-state index >= 15 is 0 Å². The van der Waals surface area contributed by atoms with Crippen molar-refractivity contribution in [3.05, 3.63) is 0 Å². The van der Waals surface area contributed by atoms with Gasteiger partial charge < -0.3 is 9.84 Å². The van der Waals surface area contributed by atoms with Gasteiger partial charge in [-0.15, -0.1) is 0 Å². The normalized spacial score (nSPS) is 22.7. The SMILES string of the molecule is NNC(=O)CCCN1CCOCC1CO. The topological polar surface area (TPSA) is 87.8 Å². The Labute approximate surface area is 89.3 Å². The third kappa shape index (κ3) is 4.13. The van der Waals surface area contributed by atoms with Crippen molar-refractivity contribution in [2.24, 2.45) is 5.84 Å². The second-order valence-corrected chi connectivity index (χ2v) is 3.62. The largest absolute Gasteiger partial charge is 0.395 e. The Hall–Kier alpha value is -0.690. The first kappa shape index (κ1) is 12.4. The number of carbonyl (C=O) groups is 1. The molecule has 1 saturated heterocycles. The lowest BCUT2D eigenvalue weighted by Crippen LogP contribution is -2.47. The van der Waals surface area contributed by atoms with Gasteiger partial charge in [-0.25, -0.2) is 5.84 Å². The number of aliphatic hydroxyl groups excluding tert-OH is 1. The number of rotatable bonds is 5. The summed E-state index contributed by atoms with van der Waals surface area (Å²) in [6, 6.07) is 0.0692. The van der Waals surface area contributed by atoms with Crippen LogP contribution in [0, 0.1) is 0 Å². The molecule has 0 aromatic rings. The summed E-state index contributed by atoms with van der Waals surface area (Å²) >= 11 is 0. The lowest BCUT2D eigenvalue weighted by molar-refractivity contribution is -0.121. The Bertz CT molecular complexity index is 201. The molecular formula is C9H19N3O3. The molecule has 1 aliphatic rings. The molecule has 1 heterocycles. The summed E-state index contributed by atoms with van der Waals surface area (Å²) in [6.07, 6.45) is 1.17. The van der Waals surface area contributed by atoms with E-state index in [-0.39, 0.29) is 18.6 Å². The summed E-state index contributed by atoms with van der Waals surface area (Å²) in [4.78, 5) is 13.0. The lowest BCUT2D eigenvalue weighted by Gasteiger charge is -2.34. The molecule has 0 spiro atoms. The average Bonchev–Trinajstić information content (AvgIpc) is 2.29. The highest BCUT2D eigenvalue weighted by Crippen LogP contribution is 2.07. The van der Waals surface area contributed by atoms with E-state index in [0.29, 0.717) is 19.6 Å². The Morgan fingerprint density at radius 3 is 3.13 bits per heavy atom. The first-order valence-electron chi connectivity index (χ1n) is 5.20. The van der Waals surface area contributed by atoms with Gasteiger partial charge in [0.1, 0.15) is 0 Å². The number of aliphatic hydroxyl groups is 1. The number of hydrogen-bond donors (Lipinski definition) is 3. The van der Waals surface area contributed by atoms with Crippen LogP contribution in [-0.4, -0.2) is 54.9 Å². The molecule has 1 atom stereocenters. The van der Waals surface area contributed by atoms with Gasteiger partial charge in [-0.05, 0) is 13.0 Å². The van der Waals surface area contributed by atoms with Crippen LogP contribution in [0.5, 0.6) is 0 Å². The van der Waals surface area contributed by atoms with Gasteiger partial charge in [0.05, 0.1) is 25.9 Å². The van der Waals surface area contributed by atoms with E-state index in [1.165, 1.54) is 0 Å². The molecule has 1 fully saturated rings. The molecule has 0 aliphatic carbocycles. The van der Waals surface area contributed by atoms with Crippen LogP contribution >= 0.6 is 0 Å². The smallest absolute Gasteiger partial charge is 0.233 e. The quantitative estimate of drug-likeness (QED) is 0.295. The van der Waals surface area contributed by atoms with Gasteiger partial charge in [0, 0.05) is 13.0 Å². The van der Waals surface area contributed by atoms with Gasteiger partial charge in [-0.3, -0.25) is 15.1 Å². The van der Waals surface area contributed by atoms with Gasteiger partial charge in [-0.1, -0.05) is 0 Å². The Morgan fingerprint density at radius 2 is 2.47 bits per heavy atom. The van der Waals surface area contributed by atoms with E-state index in [4.69, 9.17) is 15.7 Å². The monoisotopic (exact) mass is 217 g/mol. The van der Waals surface area contributed by atoms with E-state index in [2.05, 4.69) is 10.3 Å². The van der Waals surface area contributed by atoms with Crippen LogP contribution in [0.3, 0.4) is 0 Å². The molecule has 15 heavy (non-hydrogen) atoms. The number of amides is 1. The number of carbonyl (C=O) groups excluding carboxylic acids is 1. The molecule has 6 heteroatoms. The van der Waals surface area contributed by atoms with Crippen LogP contribution in [0.2, 0.25) is 0 Å². The van der Waals surface area contributed by atoms with Crippen molar-refractivity contribution in [1.29, 1.82) is 0 Å². The third-order valence-electron chi connectivity index (χ3n) is 2.57. The Balaban J connectivity index is 2.20. The highest BCUT2D eigenvalue weighted by molar-refractivity contribution is 5.75. The van der Waals surface area contributed by atoms with Crippen LogP contribution in [0.15, 0.2) is 0 Å². The second-order valence-electron chi connectivity index (χ2n) is 3.62. The van der Waals surface area contributed by atoms with Crippen LogP contribution in [0.1, 0.15) is 12.8 Å². The van der Waals surface area contributed by atoms with Crippen molar-refractivity contribution >= 4 is 5.91 Å². The van der Waals surface area contributed by atoms with E-state index in [1.54, 1.807) is 0 Å². The van der Waals surface area contributed by atoms with Crippen LogP contribution in [-0.2, 0) is 9.53 Å². The maximum absolute atomic E-state index is 10.9. The Morgan fingerprint density at radius 1 is 1.67 bits per heavy atom. The summed E-state index contributed by atoms with van der Waals surface area (Å²) in [5.41, 5.74) is 2.10. The summed E-state index contributed by atoms with van der Waals surface area (Å²) < 4.78 is 5.25. The van der Waals surface area contributed by atoms with Gasteiger partial charge in [0.2, 0.25) is 5.91 Å². The fraction of sp³-hybridized carbons (Fsp3) is 0.889. The van der Waals surface area contributed by atoms with Crippen molar-refractivity contribution in [1.82, 2.24) is 10.3 Å². The van der Waals surface area contributed by atoms with Crippen LogP contribution < -0.4 is 11.3 Å². The minimum absolute atomic E-state index is 0.0692. The average molecular weight is 217 g/mol. The zero-order chi connectivity index (χ0) is 11.1. The van der Waals surface area contributed by atoms with Gasteiger partial charge >= 0.3 is 0 Å². The summed E-state index contributed by atoms with van der Waals surface area (Å²) in [5.74, 6) is 4.82. The van der Waals surface area contributed by atoms with Gasteiger partial charge in [0.25, 0.3) is 0 Å². The number of ether oxygens (including phenoxy) is 1. The van der Waals surface area contributed by atoms with Crippen molar-refractivity contribution in [3.63, 3.8) is 0 Å².